The number of hydrogen-bond acceptors (Lipinski definition) is 8. The molecule has 200 valence electrons. The van der Waals surface area contributed by atoms with Crippen molar-refractivity contribution in [1.82, 2.24) is 4.57 Å². The molecule has 0 saturated heterocycles. The Morgan fingerprint density at radius 1 is 0.825 bits per heavy atom. The Morgan fingerprint density at radius 3 is 2.48 bits per heavy atom. The molecule has 7 rings (SSSR count). The summed E-state index contributed by atoms with van der Waals surface area (Å²) in [5, 5.41) is 13.9. The molecule has 0 unspecified atom stereocenters. The van der Waals surface area contributed by atoms with Crippen LogP contribution in [0, 0.1) is 0 Å². The van der Waals surface area contributed by atoms with Crippen molar-refractivity contribution in [3.8, 4) is 40.0 Å². The van der Waals surface area contributed by atoms with Crippen LogP contribution in [-0.4, -0.2) is 35.1 Å². The van der Waals surface area contributed by atoms with Crippen LogP contribution in [0.5, 0.6) is 28.9 Å². The van der Waals surface area contributed by atoms with Crippen LogP contribution in [0.1, 0.15) is 23.2 Å². The van der Waals surface area contributed by atoms with Gasteiger partial charge in [-0.2, -0.15) is 0 Å². The number of ether oxygens (including phenoxy) is 5. The normalized spacial score (nSPS) is 13.2. The molecule has 0 atom stereocenters. The highest BCUT2D eigenvalue weighted by atomic mass is 16.7. The predicted octanol–water partition coefficient (Wildman–Crippen LogP) is 5.79. The highest BCUT2D eigenvalue weighted by molar-refractivity contribution is 6.17. The fourth-order valence-corrected chi connectivity index (χ4v) is 5.19. The van der Waals surface area contributed by atoms with Crippen molar-refractivity contribution in [1.29, 1.82) is 0 Å². The molecular formula is C31H23NO8. The summed E-state index contributed by atoms with van der Waals surface area (Å²) in [6, 6.07) is 20.4. The quantitative estimate of drug-likeness (QED) is 0.272. The number of rotatable bonds is 6. The standard InChI is InChI=1S/C31H23NO8/c33-26(10-11-27(34)36-15-18-4-2-1-3-5-18)32-14-22-21(31(32)35)12-19-7-9-24-30(40-17-38-24)29(19)28(22)20-6-8-23-25(13-20)39-16-37-23/h1-9,12-14,35H,10-11,15-17H2. The van der Waals surface area contributed by atoms with E-state index >= 15 is 0 Å². The maximum absolute atomic E-state index is 13.2. The van der Waals surface area contributed by atoms with Gasteiger partial charge < -0.3 is 28.8 Å². The molecule has 0 saturated carbocycles. The average molecular weight is 538 g/mol. The lowest BCUT2D eigenvalue weighted by atomic mass is 9.93. The molecule has 0 spiro atoms. The fraction of sp³-hybridized carbons (Fsp3) is 0.161. The van der Waals surface area contributed by atoms with Gasteiger partial charge in [0, 0.05) is 34.3 Å². The summed E-state index contributed by atoms with van der Waals surface area (Å²) < 4.78 is 29.1. The molecule has 1 aromatic heterocycles. The van der Waals surface area contributed by atoms with E-state index in [9.17, 15) is 14.7 Å². The smallest absolute Gasteiger partial charge is 0.306 e. The lowest BCUT2D eigenvalue weighted by Gasteiger charge is -2.12. The lowest BCUT2D eigenvalue weighted by molar-refractivity contribution is -0.144. The molecule has 5 aromatic rings. The zero-order valence-electron chi connectivity index (χ0n) is 21.2. The van der Waals surface area contributed by atoms with Crippen LogP contribution in [0.15, 0.2) is 72.9 Å². The minimum Gasteiger partial charge on any atom is -0.494 e. The van der Waals surface area contributed by atoms with Crippen molar-refractivity contribution in [2.24, 2.45) is 0 Å². The number of aromatic hydroxyl groups is 1. The second-order valence-electron chi connectivity index (χ2n) is 9.54. The van der Waals surface area contributed by atoms with E-state index in [0.29, 0.717) is 33.8 Å². The van der Waals surface area contributed by atoms with E-state index in [1.54, 1.807) is 6.20 Å². The molecule has 0 aliphatic carbocycles. The monoisotopic (exact) mass is 537 g/mol. The van der Waals surface area contributed by atoms with Gasteiger partial charge in [0.05, 0.1) is 6.42 Å². The first-order chi connectivity index (χ1) is 19.6. The maximum Gasteiger partial charge on any atom is 0.306 e. The van der Waals surface area contributed by atoms with Crippen LogP contribution in [0.3, 0.4) is 0 Å². The first-order valence-electron chi connectivity index (χ1n) is 12.8. The largest absolute Gasteiger partial charge is 0.494 e. The first-order valence-corrected chi connectivity index (χ1v) is 12.8. The number of fused-ring (bicyclic) bond motifs is 5. The predicted molar refractivity (Wildman–Crippen MR) is 145 cm³/mol. The second kappa shape index (κ2) is 9.53. The van der Waals surface area contributed by atoms with Crippen LogP contribution in [0.4, 0.5) is 0 Å². The van der Waals surface area contributed by atoms with Crippen molar-refractivity contribution >= 4 is 33.4 Å². The number of carbonyl (C=O) groups is 2. The van der Waals surface area contributed by atoms with Crippen molar-refractivity contribution < 1.29 is 38.4 Å². The molecular weight excluding hydrogens is 514 g/mol. The van der Waals surface area contributed by atoms with Crippen LogP contribution >= 0.6 is 0 Å². The molecule has 1 N–H and O–H groups in total. The minimum atomic E-state index is -0.493. The van der Waals surface area contributed by atoms with Crippen molar-refractivity contribution in [2.45, 2.75) is 19.4 Å². The number of aromatic nitrogens is 1. The Bertz CT molecular complexity index is 1810. The summed E-state index contributed by atoms with van der Waals surface area (Å²) in [4.78, 5) is 25.5. The second-order valence-corrected chi connectivity index (χ2v) is 9.54. The van der Waals surface area contributed by atoms with Gasteiger partial charge in [0.25, 0.3) is 0 Å². The van der Waals surface area contributed by atoms with Gasteiger partial charge >= 0.3 is 5.97 Å². The van der Waals surface area contributed by atoms with Crippen molar-refractivity contribution in [3.63, 3.8) is 0 Å². The zero-order valence-corrected chi connectivity index (χ0v) is 21.2. The van der Waals surface area contributed by atoms with Gasteiger partial charge in [-0.05, 0) is 40.8 Å². The Hall–Kier alpha value is -5.18. The topological polar surface area (TPSA) is 105 Å². The third kappa shape index (κ3) is 4.03. The first kappa shape index (κ1) is 23.9. The molecule has 3 heterocycles. The summed E-state index contributed by atoms with van der Waals surface area (Å²) in [6.45, 7) is 0.363. The average Bonchev–Trinajstić information content (AvgIpc) is 3.73. The molecule has 9 nitrogen and oxygen atoms in total. The molecule has 2 aliphatic heterocycles. The van der Waals surface area contributed by atoms with Crippen LogP contribution < -0.4 is 18.9 Å². The molecule has 2 aliphatic rings. The van der Waals surface area contributed by atoms with E-state index < -0.39 is 11.9 Å². The van der Waals surface area contributed by atoms with Gasteiger partial charge in [-0.15, -0.1) is 0 Å². The molecule has 9 heteroatoms. The van der Waals surface area contributed by atoms with Crippen molar-refractivity contribution in [3.05, 3.63) is 78.5 Å². The fourth-order valence-electron chi connectivity index (χ4n) is 5.19. The number of esters is 1. The highest BCUT2D eigenvalue weighted by Gasteiger charge is 2.26. The zero-order chi connectivity index (χ0) is 27.2. The molecule has 4 aromatic carbocycles. The van der Waals surface area contributed by atoms with Crippen LogP contribution in [0.2, 0.25) is 0 Å². The Labute approximate surface area is 228 Å². The van der Waals surface area contributed by atoms with E-state index in [0.717, 1.165) is 27.5 Å². The molecule has 0 bridgehead atoms. The van der Waals surface area contributed by atoms with E-state index in [-0.39, 0.29) is 38.9 Å². The highest BCUT2D eigenvalue weighted by Crippen LogP contribution is 2.49. The van der Waals surface area contributed by atoms with Gasteiger partial charge in [-0.3, -0.25) is 14.2 Å². The van der Waals surface area contributed by atoms with Gasteiger partial charge in [0.1, 0.15) is 6.61 Å². The van der Waals surface area contributed by atoms with Gasteiger partial charge in [0.2, 0.25) is 25.4 Å². The number of hydrogen-bond donors (Lipinski definition) is 1. The lowest BCUT2D eigenvalue weighted by Crippen LogP contribution is -2.12. The summed E-state index contributed by atoms with van der Waals surface area (Å²) in [7, 11) is 0. The van der Waals surface area contributed by atoms with Gasteiger partial charge in [-0.25, -0.2) is 0 Å². The van der Waals surface area contributed by atoms with Crippen LogP contribution in [-0.2, 0) is 16.1 Å². The van der Waals surface area contributed by atoms with E-state index in [2.05, 4.69) is 0 Å². The Morgan fingerprint density at radius 2 is 1.60 bits per heavy atom. The molecule has 0 amide bonds. The number of carbonyl (C=O) groups excluding carboxylic acids is 2. The molecule has 40 heavy (non-hydrogen) atoms. The van der Waals surface area contributed by atoms with E-state index in [1.807, 2.05) is 66.7 Å². The number of nitrogens with zero attached hydrogens (tertiary/aromatic N) is 1. The molecule has 0 radical (unpaired) electrons. The Balaban J connectivity index is 1.26. The van der Waals surface area contributed by atoms with Gasteiger partial charge in [-0.1, -0.05) is 42.5 Å². The summed E-state index contributed by atoms with van der Waals surface area (Å²) in [5.41, 5.74) is 2.40. The summed E-state index contributed by atoms with van der Waals surface area (Å²) in [6.07, 6.45) is 1.35. The molecule has 0 fully saturated rings. The van der Waals surface area contributed by atoms with Crippen molar-refractivity contribution in [2.75, 3.05) is 13.6 Å². The maximum atomic E-state index is 13.2. The van der Waals surface area contributed by atoms with Gasteiger partial charge in [0.15, 0.2) is 23.0 Å². The third-order valence-corrected chi connectivity index (χ3v) is 7.12. The summed E-state index contributed by atoms with van der Waals surface area (Å²) >= 11 is 0. The SMILES string of the molecule is O=C(CCC(=O)n1cc2c(-c3ccc4c(c3)OCO4)c3c4c(ccc3cc2c1O)OCO4)OCc1ccccc1. The third-order valence-electron chi connectivity index (χ3n) is 7.12. The number of benzene rings is 4. The van der Waals surface area contributed by atoms with E-state index in [1.165, 1.54) is 4.57 Å². The minimum absolute atomic E-state index is 0.0954. The Kier molecular flexibility index (Phi) is 5.70. The van der Waals surface area contributed by atoms with E-state index in [4.69, 9.17) is 23.7 Å². The van der Waals surface area contributed by atoms with Crippen LogP contribution in [0.25, 0.3) is 32.7 Å². The summed E-state index contributed by atoms with van der Waals surface area (Å²) in [5.74, 6) is 1.30.